The summed E-state index contributed by atoms with van der Waals surface area (Å²) in [4.78, 5) is 28.7. The third-order valence-electron chi connectivity index (χ3n) is 5.30. The third-order valence-corrected chi connectivity index (χ3v) is 5.30. The first-order valence-electron chi connectivity index (χ1n) is 10.1. The highest BCUT2D eigenvalue weighted by molar-refractivity contribution is 5.99. The molecule has 6 heteroatoms. The summed E-state index contributed by atoms with van der Waals surface area (Å²) in [6.45, 7) is 3.51. The van der Waals surface area contributed by atoms with Crippen LogP contribution in [-0.4, -0.2) is 33.4 Å². The van der Waals surface area contributed by atoms with Gasteiger partial charge in [-0.15, -0.1) is 0 Å². The summed E-state index contributed by atoms with van der Waals surface area (Å²) in [5.74, 6) is 1.19. The normalized spacial score (nSPS) is 16.4. The van der Waals surface area contributed by atoms with Crippen molar-refractivity contribution in [3.63, 3.8) is 0 Å². The Bertz CT molecular complexity index is 962. The molecule has 3 heterocycles. The van der Waals surface area contributed by atoms with Gasteiger partial charge in [0.05, 0.1) is 0 Å². The number of anilines is 1. The molecule has 1 aliphatic rings. The lowest BCUT2D eigenvalue weighted by Crippen LogP contribution is -2.40. The van der Waals surface area contributed by atoms with Gasteiger partial charge in [0.1, 0.15) is 11.4 Å². The molecular formula is C23H25N5O. The van der Waals surface area contributed by atoms with Crippen LogP contribution < -0.4 is 10.2 Å². The number of rotatable bonds is 5. The van der Waals surface area contributed by atoms with Crippen molar-refractivity contribution in [1.29, 1.82) is 0 Å². The fourth-order valence-electron chi connectivity index (χ4n) is 3.67. The first kappa shape index (κ1) is 19.1. The first-order chi connectivity index (χ1) is 14.2. The van der Waals surface area contributed by atoms with Gasteiger partial charge in [-0.25, -0.2) is 9.97 Å². The van der Waals surface area contributed by atoms with E-state index in [1.807, 2.05) is 42.5 Å². The second-order valence-corrected chi connectivity index (χ2v) is 7.38. The summed E-state index contributed by atoms with van der Waals surface area (Å²) < 4.78 is 0. The van der Waals surface area contributed by atoms with Crippen molar-refractivity contribution < 1.29 is 4.79 Å². The lowest BCUT2D eigenvalue weighted by Gasteiger charge is -2.35. The van der Waals surface area contributed by atoms with Gasteiger partial charge in [0.15, 0.2) is 5.82 Å². The van der Waals surface area contributed by atoms with E-state index in [0.29, 0.717) is 24.0 Å². The van der Waals surface area contributed by atoms with E-state index < -0.39 is 0 Å². The summed E-state index contributed by atoms with van der Waals surface area (Å²) in [6.07, 6.45) is 8.54. The Morgan fingerprint density at radius 1 is 1.14 bits per heavy atom. The number of piperidine rings is 1. The Kier molecular flexibility index (Phi) is 5.79. The van der Waals surface area contributed by atoms with Crippen molar-refractivity contribution in [3.05, 3.63) is 72.2 Å². The molecule has 1 fully saturated rings. The van der Waals surface area contributed by atoms with Gasteiger partial charge in [-0.2, -0.15) is 0 Å². The summed E-state index contributed by atoms with van der Waals surface area (Å²) in [7, 11) is 0. The van der Waals surface area contributed by atoms with Gasteiger partial charge in [0.2, 0.25) is 0 Å². The van der Waals surface area contributed by atoms with Gasteiger partial charge in [0, 0.05) is 43.3 Å². The molecular weight excluding hydrogens is 362 g/mol. The van der Waals surface area contributed by atoms with Crippen molar-refractivity contribution in [2.24, 2.45) is 0 Å². The average Bonchev–Trinajstić information content (AvgIpc) is 2.79. The quantitative estimate of drug-likeness (QED) is 0.720. The van der Waals surface area contributed by atoms with Crippen molar-refractivity contribution in [2.75, 3.05) is 11.4 Å². The zero-order valence-electron chi connectivity index (χ0n) is 16.6. The van der Waals surface area contributed by atoms with E-state index in [2.05, 4.69) is 27.1 Å². The highest BCUT2D eigenvalue weighted by Gasteiger charge is 2.25. The molecule has 4 rings (SSSR count). The number of carbonyl (C=O) groups is 1. The SMILES string of the molecule is CC1CCCCN1c1nc(-c2ccccc2)ncc1C(=O)NCc1cccnc1. The molecule has 0 bridgehead atoms. The molecule has 1 amide bonds. The largest absolute Gasteiger partial charge is 0.353 e. The Morgan fingerprint density at radius 2 is 2.00 bits per heavy atom. The topological polar surface area (TPSA) is 71.0 Å². The molecule has 148 valence electrons. The zero-order chi connectivity index (χ0) is 20.1. The van der Waals surface area contributed by atoms with E-state index in [1.54, 1.807) is 18.6 Å². The minimum Gasteiger partial charge on any atom is -0.353 e. The summed E-state index contributed by atoms with van der Waals surface area (Å²) in [5.41, 5.74) is 2.42. The predicted octanol–water partition coefficient (Wildman–Crippen LogP) is 3.85. The maximum atomic E-state index is 13.0. The number of pyridine rings is 1. The Labute approximate surface area is 171 Å². The third kappa shape index (κ3) is 4.42. The van der Waals surface area contributed by atoms with E-state index >= 15 is 0 Å². The van der Waals surface area contributed by atoms with Crippen LogP contribution in [0.4, 0.5) is 5.82 Å². The van der Waals surface area contributed by atoms with Crippen LogP contribution in [0.25, 0.3) is 11.4 Å². The van der Waals surface area contributed by atoms with E-state index in [9.17, 15) is 4.79 Å². The number of benzene rings is 1. The summed E-state index contributed by atoms with van der Waals surface area (Å²) in [6, 6.07) is 14.0. The molecule has 1 unspecified atom stereocenters. The molecule has 1 atom stereocenters. The van der Waals surface area contributed by atoms with E-state index in [-0.39, 0.29) is 5.91 Å². The minimum atomic E-state index is -0.166. The molecule has 0 saturated carbocycles. The number of nitrogens with zero attached hydrogens (tertiary/aromatic N) is 4. The number of aromatic nitrogens is 3. The monoisotopic (exact) mass is 387 g/mol. The van der Waals surface area contributed by atoms with Crippen molar-refractivity contribution in [1.82, 2.24) is 20.3 Å². The standard InChI is InChI=1S/C23H25N5O/c1-17-8-5-6-13-28(17)22-20(23(29)26-15-18-9-7-12-24-14-18)16-25-21(27-22)19-10-3-2-4-11-19/h2-4,7,9-12,14,16-17H,5-6,8,13,15H2,1H3,(H,26,29). The Hall–Kier alpha value is -3.28. The molecule has 0 aliphatic carbocycles. The van der Waals surface area contributed by atoms with Gasteiger partial charge >= 0.3 is 0 Å². The fourth-order valence-corrected chi connectivity index (χ4v) is 3.67. The van der Waals surface area contributed by atoms with E-state index in [4.69, 9.17) is 4.98 Å². The Balaban J connectivity index is 1.65. The second-order valence-electron chi connectivity index (χ2n) is 7.38. The average molecular weight is 387 g/mol. The van der Waals surface area contributed by atoms with E-state index in [1.165, 1.54) is 6.42 Å². The van der Waals surface area contributed by atoms with Crippen LogP contribution >= 0.6 is 0 Å². The lowest BCUT2D eigenvalue weighted by atomic mass is 10.0. The van der Waals surface area contributed by atoms with Crippen molar-refractivity contribution in [3.8, 4) is 11.4 Å². The highest BCUT2D eigenvalue weighted by Crippen LogP contribution is 2.28. The number of carbonyl (C=O) groups excluding carboxylic acids is 1. The van der Waals surface area contributed by atoms with Crippen molar-refractivity contribution >= 4 is 11.7 Å². The summed E-state index contributed by atoms with van der Waals surface area (Å²) >= 11 is 0. The van der Waals surface area contributed by atoms with Gasteiger partial charge in [-0.3, -0.25) is 9.78 Å². The molecule has 2 aromatic heterocycles. The van der Waals surface area contributed by atoms with Crippen LogP contribution in [0.5, 0.6) is 0 Å². The number of hydrogen-bond donors (Lipinski definition) is 1. The number of hydrogen-bond acceptors (Lipinski definition) is 5. The van der Waals surface area contributed by atoms with Gasteiger partial charge < -0.3 is 10.2 Å². The summed E-state index contributed by atoms with van der Waals surface area (Å²) in [5, 5.41) is 2.98. The maximum Gasteiger partial charge on any atom is 0.256 e. The number of amides is 1. The Morgan fingerprint density at radius 3 is 2.76 bits per heavy atom. The molecule has 3 aromatic rings. The van der Waals surface area contributed by atoms with Crippen molar-refractivity contribution in [2.45, 2.75) is 38.8 Å². The predicted molar refractivity (Wildman–Crippen MR) is 114 cm³/mol. The number of nitrogens with one attached hydrogen (secondary N) is 1. The molecule has 1 N–H and O–H groups in total. The zero-order valence-corrected chi connectivity index (χ0v) is 16.6. The van der Waals surface area contributed by atoms with Crippen LogP contribution in [0.2, 0.25) is 0 Å². The van der Waals surface area contributed by atoms with Gasteiger partial charge in [0.25, 0.3) is 5.91 Å². The molecule has 1 aliphatic heterocycles. The molecule has 0 spiro atoms. The van der Waals surface area contributed by atoms with Crippen LogP contribution in [0, 0.1) is 0 Å². The molecule has 6 nitrogen and oxygen atoms in total. The second kappa shape index (κ2) is 8.82. The first-order valence-corrected chi connectivity index (χ1v) is 10.1. The minimum absolute atomic E-state index is 0.166. The fraction of sp³-hybridized carbons (Fsp3) is 0.304. The van der Waals surface area contributed by atoms with Crippen LogP contribution in [0.15, 0.2) is 61.1 Å². The molecule has 0 radical (unpaired) electrons. The van der Waals surface area contributed by atoms with E-state index in [0.717, 1.165) is 36.3 Å². The molecule has 1 saturated heterocycles. The molecule has 29 heavy (non-hydrogen) atoms. The maximum absolute atomic E-state index is 13.0. The van der Waals surface area contributed by atoms with Gasteiger partial charge in [-0.05, 0) is 37.8 Å². The smallest absolute Gasteiger partial charge is 0.256 e. The van der Waals surface area contributed by atoms with Crippen LogP contribution in [-0.2, 0) is 6.54 Å². The highest BCUT2D eigenvalue weighted by atomic mass is 16.1. The van der Waals surface area contributed by atoms with Crippen LogP contribution in [0.1, 0.15) is 42.1 Å². The molecule has 1 aromatic carbocycles. The van der Waals surface area contributed by atoms with Gasteiger partial charge in [-0.1, -0.05) is 36.4 Å². The lowest BCUT2D eigenvalue weighted by molar-refractivity contribution is 0.0950. The van der Waals surface area contributed by atoms with Crippen LogP contribution in [0.3, 0.4) is 0 Å².